The molecule has 2 fully saturated rings. The highest BCUT2D eigenvalue weighted by atomic mass is 35.5. The summed E-state index contributed by atoms with van der Waals surface area (Å²) in [5, 5.41) is 4.11. The largest absolute Gasteiger partial charge is 0.380 e. The third kappa shape index (κ3) is 3.82. The lowest BCUT2D eigenvalue weighted by Gasteiger charge is -2.30. The summed E-state index contributed by atoms with van der Waals surface area (Å²) >= 11 is 12.1. The maximum Gasteiger partial charge on any atom is 0.253 e. The van der Waals surface area contributed by atoms with E-state index in [-0.39, 0.29) is 11.9 Å². The Morgan fingerprint density at radius 2 is 2.13 bits per heavy atom. The number of carbonyl (C=O) groups is 1. The molecule has 1 saturated heterocycles. The highest BCUT2D eigenvalue weighted by Crippen LogP contribution is 2.29. The van der Waals surface area contributed by atoms with E-state index in [1.807, 2.05) is 0 Å². The van der Waals surface area contributed by atoms with Crippen LogP contribution in [0.15, 0.2) is 18.2 Å². The fraction of sp³-hybridized carbons (Fsp3) is 0.588. The molecule has 6 heteroatoms. The van der Waals surface area contributed by atoms with Gasteiger partial charge in [0.2, 0.25) is 0 Å². The second-order valence-corrected chi connectivity index (χ2v) is 7.19. The molecule has 1 aromatic rings. The van der Waals surface area contributed by atoms with Crippen molar-refractivity contribution in [2.45, 2.75) is 43.9 Å². The van der Waals surface area contributed by atoms with Crippen LogP contribution in [0, 0.1) is 0 Å². The van der Waals surface area contributed by atoms with Crippen LogP contribution in [0.2, 0.25) is 10.0 Å². The van der Waals surface area contributed by atoms with E-state index in [0.29, 0.717) is 27.8 Å². The van der Waals surface area contributed by atoms with Crippen LogP contribution in [0.3, 0.4) is 0 Å². The fourth-order valence-corrected chi connectivity index (χ4v) is 4.09. The van der Waals surface area contributed by atoms with Crippen molar-refractivity contribution in [3.63, 3.8) is 0 Å². The number of methoxy groups -OCH3 is 1. The summed E-state index contributed by atoms with van der Waals surface area (Å²) in [5.41, 5.74) is 0.445. The number of nitrogens with zero attached hydrogens (tertiary/aromatic N) is 1. The van der Waals surface area contributed by atoms with Gasteiger partial charge in [0.05, 0.1) is 16.7 Å². The van der Waals surface area contributed by atoms with Gasteiger partial charge in [0, 0.05) is 37.3 Å². The number of rotatable bonds is 4. The molecule has 0 bridgehead atoms. The number of ether oxygens (including phenoxy) is 1. The summed E-state index contributed by atoms with van der Waals surface area (Å²) in [6.07, 6.45) is 4.63. The number of halogens is 2. The van der Waals surface area contributed by atoms with Crippen molar-refractivity contribution in [2.75, 3.05) is 20.2 Å². The van der Waals surface area contributed by atoms with E-state index >= 15 is 0 Å². The molecule has 1 heterocycles. The van der Waals surface area contributed by atoms with Crippen molar-refractivity contribution in [1.29, 1.82) is 0 Å². The Balaban J connectivity index is 1.66. The molecule has 2 aliphatic rings. The molecular formula is C17H22Cl2N2O2. The first kappa shape index (κ1) is 17.0. The summed E-state index contributed by atoms with van der Waals surface area (Å²) in [7, 11) is 1.77. The van der Waals surface area contributed by atoms with Crippen LogP contribution >= 0.6 is 23.2 Å². The maximum absolute atomic E-state index is 12.6. The predicted octanol–water partition coefficient (Wildman–Crippen LogP) is 3.37. The van der Waals surface area contributed by atoms with E-state index < -0.39 is 0 Å². The van der Waals surface area contributed by atoms with E-state index in [9.17, 15) is 4.79 Å². The first-order valence-electron chi connectivity index (χ1n) is 8.11. The van der Waals surface area contributed by atoms with Crippen LogP contribution in [0.4, 0.5) is 0 Å². The van der Waals surface area contributed by atoms with E-state index in [1.165, 1.54) is 0 Å². The topological polar surface area (TPSA) is 41.6 Å². The SMILES string of the molecule is COC1CCN([C@H]2CCC[C@H]2NC(=O)c2cc(Cl)ccc2Cl)C1. The molecule has 1 aliphatic heterocycles. The van der Waals surface area contributed by atoms with Gasteiger partial charge in [-0.2, -0.15) is 0 Å². The monoisotopic (exact) mass is 356 g/mol. The Labute approximate surface area is 147 Å². The smallest absolute Gasteiger partial charge is 0.253 e. The number of likely N-dealkylation sites (tertiary alicyclic amines) is 1. The predicted molar refractivity (Wildman–Crippen MR) is 92.3 cm³/mol. The molecule has 3 atom stereocenters. The lowest BCUT2D eigenvalue weighted by molar-refractivity contribution is 0.0873. The summed E-state index contributed by atoms with van der Waals surface area (Å²) in [5.74, 6) is -0.142. The number of hydrogen-bond donors (Lipinski definition) is 1. The van der Waals surface area contributed by atoms with Gasteiger partial charge in [-0.1, -0.05) is 23.2 Å². The molecule has 4 nitrogen and oxygen atoms in total. The van der Waals surface area contributed by atoms with Gasteiger partial charge < -0.3 is 10.1 Å². The van der Waals surface area contributed by atoms with E-state index in [2.05, 4.69) is 10.2 Å². The van der Waals surface area contributed by atoms with E-state index in [0.717, 1.165) is 38.8 Å². The lowest BCUT2D eigenvalue weighted by atomic mass is 10.1. The molecule has 0 aromatic heterocycles. The minimum atomic E-state index is -0.142. The van der Waals surface area contributed by atoms with Gasteiger partial charge in [0.1, 0.15) is 0 Å². The van der Waals surface area contributed by atoms with Crippen molar-refractivity contribution >= 4 is 29.1 Å². The fourth-order valence-electron chi connectivity index (χ4n) is 3.71. The summed E-state index contributed by atoms with van der Waals surface area (Å²) < 4.78 is 5.45. The van der Waals surface area contributed by atoms with Gasteiger partial charge in [0.15, 0.2) is 0 Å². The number of carbonyl (C=O) groups excluding carboxylic acids is 1. The molecule has 3 rings (SSSR count). The highest BCUT2D eigenvalue weighted by molar-refractivity contribution is 6.35. The highest BCUT2D eigenvalue weighted by Gasteiger charge is 2.37. The summed E-state index contributed by atoms with van der Waals surface area (Å²) in [4.78, 5) is 15.0. The molecule has 1 aromatic carbocycles. The number of amides is 1. The van der Waals surface area contributed by atoms with Gasteiger partial charge in [-0.25, -0.2) is 0 Å². The molecule has 126 valence electrons. The standard InChI is InChI=1S/C17H22Cl2N2O2/c1-23-12-7-8-21(10-12)16-4-2-3-15(16)20-17(22)13-9-11(18)5-6-14(13)19/h5-6,9,12,15-16H,2-4,7-8,10H2,1H3,(H,20,22)/t12?,15-,16+/m1/s1. The quantitative estimate of drug-likeness (QED) is 0.899. The van der Waals surface area contributed by atoms with Crippen molar-refractivity contribution in [3.05, 3.63) is 33.8 Å². The third-order valence-electron chi connectivity index (χ3n) is 4.95. The Morgan fingerprint density at radius 3 is 2.87 bits per heavy atom. The Kier molecular flexibility index (Phi) is 5.47. The number of nitrogens with one attached hydrogen (secondary N) is 1. The Bertz CT molecular complexity index is 582. The van der Waals surface area contributed by atoms with Crippen LogP contribution in [0.25, 0.3) is 0 Å². The van der Waals surface area contributed by atoms with Gasteiger partial charge >= 0.3 is 0 Å². The normalized spacial score (nSPS) is 28.2. The van der Waals surface area contributed by atoms with Gasteiger partial charge in [-0.15, -0.1) is 0 Å². The van der Waals surface area contributed by atoms with E-state index in [4.69, 9.17) is 27.9 Å². The van der Waals surface area contributed by atoms with Crippen molar-refractivity contribution in [2.24, 2.45) is 0 Å². The van der Waals surface area contributed by atoms with Crippen LogP contribution in [0.1, 0.15) is 36.0 Å². The van der Waals surface area contributed by atoms with Crippen LogP contribution in [-0.2, 0) is 4.74 Å². The second kappa shape index (κ2) is 7.39. The molecular weight excluding hydrogens is 335 g/mol. The second-order valence-electron chi connectivity index (χ2n) is 6.34. The van der Waals surface area contributed by atoms with Crippen LogP contribution < -0.4 is 5.32 Å². The molecule has 1 saturated carbocycles. The molecule has 23 heavy (non-hydrogen) atoms. The average Bonchev–Trinajstić information content (AvgIpc) is 3.18. The molecule has 0 radical (unpaired) electrons. The van der Waals surface area contributed by atoms with Gasteiger partial charge in [-0.05, 0) is 43.9 Å². The zero-order valence-corrected chi connectivity index (χ0v) is 14.7. The maximum atomic E-state index is 12.6. The molecule has 1 N–H and O–H groups in total. The first-order valence-corrected chi connectivity index (χ1v) is 8.87. The molecule has 1 amide bonds. The average molecular weight is 357 g/mol. The summed E-state index contributed by atoms with van der Waals surface area (Å²) in [6.45, 7) is 1.99. The van der Waals surface area contributed by atoms with Crippen molar-refractivity contribution in [1.82, 2.24) is 10.2 Å². The molecule has 1 aliphatic carbocycles. The van der Waals surface area contributed by atoms with Crippen LogP contribution in [0.5, 0.6) is 0 Å². The van der Waals surface area contributed by atoms with Crippen LogP contribution in [-0.4, -0.2) is 49.2 Å². The lowest BCUT2D eigenvalue weighted by Crippen LogP contribution is -2.48. The molecule has 1 unspecified atom stereocenters. The Hall–Kier alpha value is -0.810. The van der Waals surface area contributed by atoms with Crippen molar-refractivity contribution < 1.29 is 9.53 Å². The van der Waals surface area contributed by atoms with Crippen molar-refractivity contribution in [3.8, 4) is 0 Å². The number of benzene rings is 1. The first-order chi connectivity index (χ1) is 11.1. The zero-order valence-electron chi connectivity index (χ0n) is 13.2. The zero-order chi connectivity index (χ0) is 16.4. The summed E-state index contributed by atoms with van der Waals surface area (Å²) in [6, 6.07) is 5.52. The molecule has 0 spiro atoms. The third-order valence-corrected chi connectivity index (χ3v) is 5.51. The van der Waals surface area contributed by atoms with E-state index in [1.54, 1.807) is 25.3 Å². The minimum Gasteiger partial charge on any atom is -0.380 e. The van der Waals surface area contributed by atoms with Gasteiger partial charge in [0.25, 0.3) is 5.91 Å². The minimum absolute atomic E-state index is 0.142. The number of hydrogen-bond acceptors (Lipinski definition) is 3. The Morgan fingerprint density at radius 1 is 1.30 bits per heavy atom. The van der Waals surface area contributed by atoms with Gasteiger partial charge in [-0.3, -0.25) is 9.69 Å².